The zero-order chi connectivity index (χ0) is 19.2. The van der Waals surface area contributed by atoms with Gasteiger partial charge in [0.25, 0.3) is 5.91 Å². The van der Waals surface area contributed by atoms with Crippen molar-refractivity contribution in [2.24, 2.45) is 0 Å². The summed E-state index contributed by atoms with van der Waals surface area (Å²) in [5.41, 5.74) is 0. The fourth-order valence-corrected chi connectivity index (χ4v) is 3.63. The van der Waals surface area contributed by atoms with Gasteiger partial charge in [-0.2, -0.15) is 0 Å². The van der Waals surface area contributed by atoms with Crippen molar-refractivity contribution in [3.05, 3.63) is 24.2 Å². The number of nitrogens with one attached hydrogen (secondary N) is 2. The Kier molecular flexibility index (Phi) is 6.44. The summed E-state index contributed by atoms with van der Waals surface area (Å²) >= 11 is 5.17. The first-order valence-corrected chi connectivity index (χ1v) is 9.67. The van der Waals surface area contributed by atoms with Crippen molar-refractivity contribution in [2.75, 3.05) is 26.2 Å². The third-order valence-corrected chi connectivity index (χ3v) is 5.06. The summed E-state index contributed by atoms with van der Waals surface area (Å²) in [6, 6.07) is 2.58. The Morgan fingerprint density at radius 2 is 1.93 bits per heavy atom. The molecule has 2 aliphatic heterocycles. The van der Waals surface area contributed by atoms with Crippen molar-refractivity contribution in [1.82, 2.24) is 20.4 Å². The maximum Gasteiger partial charge on any atom is 0.293 e. The Hall–Kier alpha value is -2.42. The molecule has 3 heterocycles. The number of carbonyl (C=O) groups is 3. The molecule has 3 rings (SSSR count). The Labute approximate surface area is 163 Å². The summed E-state index contributed by atoms with van der Waals surface area (Å²) in [6.45, 7) is 2.20. The van der Waals surface area contributed by atoms with Crippen LogP contribution < -0.4 is 10.6 Å². The fourth-order valence-electron chi connectivity index (χ4n) is 3.39. The topological polar surface area (TPSA) is 94.9 Å². The molecule has 0 saturated carbocycles. The Morgan fingerprint density at radius 1 is 1.19 bits per heavy atom. The van der Waals surface area contributed by atoms with Crippen LogP contribution in [0.5, 0.6) is 0 Å². The number of furan rings is 1. The molecule has 2 fully saturated rings. The van der Waals surface area contributed by atoms with E-state index in [2.05, 4.69) is 10.6 Å². The first-order chi connectivity index (χ1) is 13.0. The van der Waals surface area contributed by atoms with Crippen molar-refractivity contribution < 1.29 is 18.8 Å². The molecule has 27 heavy (non-hydrogen) atoms. The van der Waals surface area contributed by atoms with Gasteiger partial charge < -0.3 is 19.5 Å². The highest BCUT2D eigenvalue weighted by Crippen LogP contribution is 2.14. The van der Waals surface area contributed by atoms with Gasteiger partial charge in [-0.3, -0.25) is 19.7 Å². The van der Waals surface area contributed by atoms with E-state index in [-0.39, 0.29) is 29.2 Å². The number of thiocarbonyl (C=S) groups is 1. The molecule has 1 aromatic heterocycles. The summed E-state index contributed by atoms with van der Waals surface area (Å²) < 4.78 is 5.02. The normalized spacial score (nSPS) is 20.3. The van der Waals surface area contributed by atoms with E-state index < -0.39 is 11.9 Å². The zero-order valence-corrected chi connectivity index (χ0v) is 15.9. The molecule has 2 N–H and O–H groups in total. The van der Waals surface area contributed by atoms with Crippen molar-refractivity contribution in [3.8, 4) is 0 Å². The van der Waals surface area contributed by atoms with Crippen molar-refractivity contribution in [2.45, 2.75) is 38.1 Å². The van der Waals surface area contributed by atoms with Crippen LogP contribution in [0.2, 0.25) is 0 Å². The van der Waals surface area contributed by atoms with E-state index in [1.807, 2.05) is 4.90 Å². The molecule has 0 spiro atoms. The lowest BCUT2D eigenvalue weighted by Crippen LogP contribution is -2.52. The van der Waals surface area contributed by atoms with Gasteiger partial charge in [0.05, 0.1) is 12.8 Å². The first kappa shape index (κ1) is 19.3. The van der Waals surface area contributed by atoms with Gasteiger partial charge in [0.2, 0.25) is 11.8 Å². The van der Waals surface area contributed by atoms with Gasteiger partial charge in [-0.15, -0.1) is 0 Å². The number of amides is 3. The molecule has 0 radical (unpaired) electrons. The maximum absolute atomic E-state index is 12.8. The van der Waals surface area contributed by atoms with Crippen LogP contribution in [-0.4, -0.2) is 64.9 Å². The van der Waals surface area contributed by atoms with Crippen LogP contribution in [0.3, 0.4) is 0 Å². The second kappa shape index (κ2) is 8.98. The second-order valence-electron chi connectivity index (χ2n) is 6.80. The quantitative estimate of drug-likeness (QED) is 0.739. The van der Waals surface area contributed by atoms with Gasteiger partial charge in [-0.1, -0.05) is 0 Å². The van der Waals surface area contributed by atoms with Crippen LogP contribution in [0, 0.1) is 0 Å². The standard InChI is InChI=1S/C18H24N4O4S/c23-15(21-8-3-4-9-21)12-22-10-2-1-6-13(17(22)25)19-18(27)20-16(24)14-7-5-11-26-14/h5,7,11,13H,1-4,6,8-10,12H2,(H2,19,20,24,27). The Bertz CT molecular complexity index is 700. The molecular formula is C18H24N4O4S. The minimum Gasteiger partial charge on any atom is -0.459 e. The van der Waals surface area contributed by atoms with Crippen molar-refractivity contribution >= 4 is 35.1 Å². The lowest BCUT2D eigenvalue weighted by Gasteiger charge is -2.27. The minimum absolute atomic E-state index is 0.00445. The summed E-state index contributed by atoms with van der Waals surface area (Å²) in [5, 5.41) is 5.50. The maximum atomic E-state index is 12.8. The minimum atomic E-state index is -0.553. The lowest BCUT2D eigenvalue weighted by atomic mass is 10.1. The molecule has 0 aromatic carbocycles. The van der Waals surface area contributed by atoms with E-state index in [4.69, 9.17) is 16.6 Å². The number of carbonyl (C=O) groups excluding carboxylic acids is 3. The molecule has 2 aliphatic rings. The van der Waals surface area contributed by atoms with Crippen LogP contribution in [0.1, 0.15) is 42.7 Å². The van der Waals surface area contributed by atoms with Crippen LogP contribution in [0.15, 0.2) is 22.8 Å². The average Bonchev–Trinajstić information content (AvgIpc) is 3.33. The SMILES string of the molecule is O=C(NC(=S)NC1CCCCN(CC(=O)N2CCCC2)C1=O)c1ccco1. The van der Waals surface area contributed by atoms with Gasteiger partial charge in [-0.25, -0.2) is 0 Å². The second-order valence-corrected chi connectivity index (χ2v) is 7.21. The van der Waals surface area contributed by atoms with E-state index in [1.54, 1.807) is 11.0 Å². The van der Waals surface area contributed by atoms with Crippen LogP contribution in [-0.2, 0) is 9.59 Å². The summed E-state index contributed by atoms with van der Waals surface area (Å²) in [5.74, 6) is -0.492. The number of likely N-dealkylation sites (tertiary alicyclic amines) is 2. The predicted octanol–water partition coefficient (Wildman–Crippen LogP) is 0.887. The molecular weight excluding hydrogens is 368 g/mol. The molecule has 1 aromatic rings. The molecule has 0 aliphatic carbocycles. The van der Waals surface area contributed by atoms with Crippen LogP contribution in [0.4, 0.5) is 0 Å². The Balaban J connectivity index is 1.55. The van der Waals surface area contributed by atoms with Crippen LogP contribution in [0.25, 0.3) is 0 Å². The monoisotopic (exact) mass is 392 g/mol. The molecule has 9 heteroatoms. The van der Waals surface area contributed by atoms with E-state index in [9.17, 15) is 14.4 Å². The highest BCUT2D eigenvalue weighted by molar-refractivity contribution is 7.80. The van der Waals surface area contributed by atoms with Crippen molar-refractivity contribution in [1.29, 1.82) is 0 Å². The molecule has 8 nitrogen and oxygen atoms in total. The number of hydrogen-bond acceptors (Lipinski definition) is 5. The van der Waals surface area contributed by atoms with Gasteiger partial charge in [-0.05, 0) is 56.5 Å². The van der Waals surface area contributed by atoms with E-state index in [0.717, 1.165) is 38.8 Å². The number of hydrogen-bond donors (Lipinski definition) is 2. The van der Waals surface area contributed by atoms with Gasteiger partial charge in [0.15, 0.2) is 10.9 Å². The molecule has 2 saturated heterocycles. The summed E-state index contributed by atoms with van der Waals surface area (Å²) in [4.78, 5) is 40.6. The van der Waals surface area contributed by atoms with Crippen LogP contribution >= 0.6 is 12.2 Å². The molecule has 1 atom stereocenters. The smallest absolute Gasteiger partial charge is 0.293 e. The first-order valence-electron chi connectivity index (χ1n) is 9.26. The zero-order valence-electron chi connectivity index (χ0n) is 15.1. The molecule has 146 valence electrons. The van der Waals surface area contributed by atoms with Crippen molar-refractivity contribution in [3.63, 3.8) is 0 Å². The largest absolute Gasteiger partial charge is 0.459 e. The number of rotatable bonds is 4. The highest BCUT2D eigenvalue weighted by Gasteiger charge is 2.30. The highest BCUT2D eigenvalue weighted by atomic mass is 32.1. The van der Waals surface area contributed by atoms with E-state index >= 15 is 0 Å². The average molecular weight is 392 g/mol. The third kappa shape index (κ3) is 5.06. The van der Waals surface area contributed by atoms with Gasteiger partial charge in [0, 0.05) is 19.6 Å². The van der Waals surface area contributed by atoms with Gasteiger partial charge >= 0.3 is 0 Å². The lowest BCUT2D eigenvalue weighted by molar-refractivity contribution is -0.140. The predicted molar refractivity (Wildman–Crippen MR) is 102 cm³/mol. The molecule has 1 unspecified atom stereocenters. The number of nitrogens with zero attached hydrogens (tertiary/aromatic N) is 2. The summed E-state index contributed by atoms with van der Waals surface area (Å²) in [7, 11) is 0. The Morgan fingerprint density at radius 3 is 2.63 bits per heavy atom. The fraction of sp³-hybridized carbons (Fsp3) is 0.556. The molecule has 3 amide bonds. The summed E-state index contributed by atoms with van der Waals surface area (Å²) in [6.07, 6.45) is 5.72. The van der Waals surface area contributed by atoms with E-state index in [1.165, 1.54) is 12.3 Å². The van der Waals surface area contributed by atoms with Gasteiger partial charge in [0.1, 0.15) is 6.04 Å². The third-order valence-electron chi connectivity index (χ3n) is 4.84. The molecule has 0 bridgehead atoms. The van der Waals surface area contributed by atoms with E-state index in [0.29, 0.717) is 13.0 Å².